The van der Waals surface area contributed by atoms with E-state index in [1.165, 1.54) is 0 Å². The molecule has 1 aliphatic heterocycles. The molecule has 114 valence electrons. The van der Waals surface area contributed by atoms with Gasteiger partial charge in [-0.1, -0.05) is 33.6 Å². The second-order valence-electron chi connectivity index (χ2n) is 6.55. The van der Waals surface area contributed by atoms with E-state index in [-0.39, 0.29) is 17.9 Å². The monoisotopic (exact) mass is 280 g/mol. The predicted octanol–water partition coefficient (Wildman–Crippen LogP) is 2.33. The minimum atomic E-state index is -0.676. The predicted molar refractivity (Wildman–Crippen MR) is 79.1 cm³/mol. The van der Waals surface area contributed by atoms with E-state index >= 15 is 0 Å². The summed E-state index contributed by atoms with van der Waals surface area (Å²) in [4.78, 5) is 27.2. The van der Waals surface area contributed by atoms with E-state index in [2.05, 4.69) is 19.2 Å². The Hall–Kier alpha value is -1.06. The van der Waals surface area contributed by atoms with Gasteiger partial charge in [0.1, 0.15) is 11.6 Å². The van der Waals surface area contributed by atoms with Gasteiger partial charge in [-0.05, 0) is 38.0 Å². The van der Waals surface area contributed by atoms with Gasteiger partial charge in [-0.3, -0.25) is 9.59 Å². The van der Waals surface area contributed by atoms with Crippen molar-refractivity contribution in [2.45, 2.75) is 71.4 Å². The molecule has 4 heteroatoms. The Bertz CT molecular complexity index is 388. The highest BCUT2D eigenvalue weighted by atomic mass is 16.2. The Labute approximate surface area is 122 Å². The highest BCUT2D eigenvalue weighted by Crippen LogP contribution is 2.37. The first kappa shape index (κ1) is 15.3. The average molecular weight is 280 g/mol. The fraction of sp³-hybridized carbons (Fsp3) is 0.875. The van der Waals surface area contributed by atoms with Crippen LogP contribution in [0.4, 0.5) is 0 Å². The molecule has 1 saturated carbocycles. The van der Waals surface area contributed by atoms with E-state index in [4.69, 9.17) is 0 Å². The number of rotatable bonds is 6. The van der Waals surface area contributed by atoms with Gasteiger partial charge < -0.3 is 10.2 Å². The molecule has 2 amide bonds. The quantitative estimate of drug-likeness (QED) is 0.812. The maximum Gasteiger partial charge on any atom is 0.246 e. The number of nitrogens with one attached hydrogen (secondary N) is 1. The van der Waals surface area contributed by atoms with Crippen LogP contribution in [0.3, 0.4) is 0 Å². The Morgan fingerprint density at radius 2 is 1.85 bits per heavy atom. The van der Waals surface area contributed by atoms with E-state index in [0.29, 0.717) is 24.8 Å². The molecule has 2 unspecified atom stereocenters. The number of piperazine rings is 1. The normalized spacial score (nSPS) is 30.9. The molecule has 20 heavy (non-hydrogen) atoms. The molecular weight excluding hydrogens is 252 g/mol. The van der Waals surface area contributed by atoms with E-state index in [0.717, 1.165) is 25.7 Å². The van der Waals surface area contributed by atoms with Crippen molar-refractivity contribution in [2.24, 2.45) is 11.8 Å². The summed E-state index contributed by atoms with van der Waals surface area (Å²) < 4.78 is 0. The van der Waals surface area contributed by atoms with Gasteiger partial charge in [0.25, 0.3) is 0 Å². The molecule has 1 heterocycles. The summed E-state index contributed by atoms with van der Waals surface area (Å²) in [6, 6.07) is -0.267. The fourth-order valence-corrected chi connectivity index (χ4v) is 3.09. The smallest absolute Gasteiger partial charge is 0.246 e. The van der Waals surface area contributed by atoms with Gasteiger partial charge in [0.15, 0.2) is 0 Å². The molecule has 1 saturated heterocycles. The van der Waals surface area contributed by atoms with E-state index < -0.39 is 5.54 Å². The van der Waals surface area contributed by atoms with Crippen LogP contribution in [0.25, 0.3) is 0 Å². The molecule has 2 rings (SSSR count). The lowest BCUT2D eigenvalue weighted by atomic mass is 9.87. The summed E-state index contributed by atoms with van der Waals surface area (Å²) >= 11 is 0. The molecule has 0 aromatic rings. The first-order valence-corrected chi connectivity index (χ1v) is 8.10. The third-order valence-corrected chi connectivity index (χ3v) is 5.28. The Kier molecular flexibility index (Phi) is 4.40. The van der Waals surface area contributed by atoms with Crippen LogP contribution in [0.15, 0.2) is 0 Å². The van der Waals surface area contributed by atoms with E-state index in [9.17, 15) is 9.59 Å². The maximum absolute atomic E-state index is 12.8. The van der Waals surface area contributed by atoms with Gasteiger partial charge in [0, 0.05) is 6.54 Å². The molecule has 0 aromatic heterocycles. The molecule has 0 bridgehead atoms. The molecule has 2 atom stereocenters. The van der Waals surface area contributed by atoms with Crippen molar-refractivity contribution >= 4 is 11.8 Å². The molecule has 2 aliphatic rings. The first-order chi connectivity index (χ1) is 9.47. The highest BCUT2D eigenvalue weighted by molar-refractivity contribution is 5.99. The third kappa shape index (κ3) is 2.57. The van der Waals surface area contributed by atoms with Crippen molar-refractivity contribution in [1.82, 2.24) is 10.2 Å². The number of nitrogens with zero attached hydrogens (tertiary/aromatic N) is 1. The summed E-state index contributed by atoms with van der Waals surface area (Å²) in [5.74, 6) is 1.03. The van der Waals surface area contributed by atoms with Crippen LogP contribution in [0, 0.1) is 11.8 Å². The zero-order valence-electron chi connectivity index (χ0n) is 13.2. The molecule has 4 nitrogen and oxygen atoms in total. The zero-order chi connectivity index (χ0) is 14.9. The average Bonchev–Trinajstić information content (AvgIpc) is 3.27. The van der Waals surface area contributed by atoms with Crippen molar-refractivity contribution in [1.29, 1.82) is 0 Å². The summed E-state index contributed by atoms with van der Waals surface area (Å²) in [7, 11) is 0. The summed E-state index contributed by atoms with van der Waals surface area (Å²) in [6.07, 6.45) is 4.91. The van der Waals surface area contributed by atoms with Gasteiger partial charge in [-0.25, -0.2) is 0 Å². The standard InChI is InChI=1S/C16H28N2O2/c1-5-11(6-2)10-18-14(19)13(12-8-9-12)17-15(20)16(18,4)7-3/h11-13H,5-10H2,1-4H3,(H,17,20). The number of carbonyl (C=O) groups excluding carboxylic acids is 2. The van der Waals surface area contributed by atoms with Gasteiger partial charge >= 0.3 is 0 Å². The lowest BCUT2D eigenvalue weighted by Crippen LogP contribution is -2.70. The number of hydrogen-bond donors (Lipinski definition) is 1. The lowest BCUT2D eigenvalue weighted by Gasteiger charge is -2.47. The van der Waals surface area contributed by atoms with Crippen LogP contribution in [-0.2, 0) is 9.59 Å². The van der Waals surface area contributed by atoms with Crippen LogP contribution in [0.1, 0.15) is 59.8 Å². The molecule has 1 aliphatic carbocycles. The van der Waals surface area contributed by atoms with Gasteiger partial charge in [-0.2, -0.15) is 0 Å². The van der Waals surface area contributed by atoms with Crippen LogP contribution in [0.5, 0.6) is 0 Å². The van der Waals surface area contributed by atoms with Crippen molar-refractivity contribution in [3.8, 4) is 0 Å². The minimum absolute atomic E-state index is 0.0301. The summed E-state index contributed by atoms with van der Waals surface area (Å²) in [5, 5.41) is 2.98. The Balaban J connectivity index is 2.24. The first-order valence-electron chi connectivity index (χ1n) is 8.10. The molecule has 2 fully saturated rings. The minimum Gasteiger partial charge on any atom is -0.342 e. The van der Waals surface area contributed by atoms with Gasteiger partial charge in [0.2, 0.25) is 11.8 Å². The topological polar surface area (TPSA) is 49.4 Å². The number of amides is 2. The SMILES string of the molecule is CCC(CC)CN1C(=O)C(C2CC2)NC(=O)C1(C)CC. The third-order valence-electron chi connectivity index (χ3n) is 5.28. The van der Waals surface area contributed by atoms with Crippen LogP contribution in [-0.4, -0.2) is 34.8 Å². The molecule has 0 spiro atoms. The molecular formula is C16H28N2O2. The molecule has 0 aromatic carbocycles. The van der Waals surface area contributed by atoms with Crippen LogP contribution in [0.2, 0.25) is 0 Å². The summed E-state index contributed by atoms with van der Waals surface area (Å²) in [6.45, 7) is 8.93. The van der Waals surface area contributed by atoms with Crippen molar-refractivity contribution in [3.05, 3.63) is 0 Å². The van der Waals surface area contributed by atoms with Crippen molar-refractivity contribution in [2.75, 3.05) is 6.54 Å². The summed E-state index contributed by atoms with van der Waals surface area (Å²) in [5.41, 5.74) is -0.676. The largest absolute Gasteiger partial charge is 0.342 e. The van der Waals surface area contributed by atoms with Gasteiger partial charge in [0.05, 0.1) is 0 Å². The van der Waals surface area contributed by atoms with Crippen LogP contribution >= 0.6 is 0 Å². The maximum atomic E-state index is 12.8. The molecule has 1 N–H and O–H groups in total. The van der Waals surface area contributed by atoms with Crippen molar-refractivity contribution < 1.29 is 9.59 Å². The van der Waals surface area contributed by atoms with Gasteiger partial charge in [-0.15, -0.1) is 0 Å². The Morgan fingerprint density at radius 3 is 2.30 bits per heavy atom. The van der Waals surface area contributed by atoms with Crippen LogP contribution < -0.4 is 5.32 Å². The highest BCUT2D eigenvalue weighted by Gasteiger charge is 2.52. The van der Waals surface area contributed by atoms with Crippen molar-refractivity contribution in [3.63, 3.8) is 0 Å². The number of hydrogen-bond acceptors (Lipinski definition) is 2. The van der Waals surface area contributed by atoms with E-state index in [1.54, 1.807) is 0 Å². The second kappa shape index (κ2) is 5.74. The number of carbonyl (C=O) groups is 2. The second-order valence-corrected chi connectivity index (χ2v) is 6.55. The van der Waals surface area contributed by atoms with E-state index in [1.807, 2.05) is 18.7 Å². The molecule has 0 radical (unpaired) electrons. The fourth-order valence-electron chi connectivity index (χ4n) is 3.09. The Morgan fingerprint density at radius 1 is 1.25 bits per heavy atom. The lowest BCUT2D eigenvalue weighted by molar-refractivity contribution is -0.158. The zero-order valence-corrected chi connectivity index (χ0v) is 13.2.